The molecule has 1 rings (SSSR count). The number of benzene rings is 1. The maximum absolute atomic E-state index is 5.66. The van der Waals surface area contributed by atoms with E-state index in [-0.39, 0.29) is 0 Å². The number of hydrogen-bond acceptors (Lipinski definition) is 5. The van der Waals surface area contributed by atoms with E-state index in [9.17, 15) is 0 Å². The van der Waals surface area contributed by atoms with Crippen molar-refractivity contribution in [3.8, 4) is 11.5 Å². The average molecular weight is 183 g/mol. The number of methoxy groups -OCH3 is 2. The highest BCUT2D eigenvalue weighted by Crippen LogP contribution is 2.40. The van der Waals surface area contributed by atoms with Gasteiger partial charge >= 0.3 is 0 Å². The minimum absolute atomic E-state index is 0.305. The molecule has 0 aliphatic heterocycles. The molecule has 0 radical (unpaired) electrons. The van der Waals surface area contributed by atoms with Crippen molar-refractivity contribution in [2.45, 2.75) is 0 Å². The van der Waals surface area contributed by atoms with Crippen molar-refractivity contribution in [1.82, 2.24) is 0 Å². The van der Waals surface area contributed by atoms with Gasteiger partial charge in [-0.3, -0.25) is 0 Å². The smallest absolute Gasteiger partial charge is 0.186 e. The van der Waals surface area contributed by atoms with Gasteiger partial charge in [-0.2, -0.15) is 0 Å². The zero-order chi connectivity index (χ0) is 10.0. The summed E-state index contributed by atoms with van der Waals surface area (Å²) >= 11 is 0. The molecular weight excluding hydrogens is 170 g/mol. The molecule has 0 spiro atoms. The van der Waals surface area contributed by atoms with Crippen molar-refractivity contribution in [3.63, 3.8) is 0 Å². The van der Waals surface area contributed by atoms with E-state index in [1.54, 1.807) is 6.07 Å². The molecule has 0 heterocycles. The molecule has 6 N–H and O–H groups in total. The van der Waals surface area contributed by atoms with E-state index in [0.29, 0.717) is 28.6 Å². The lowest BCUT2D eigenvalue weighted by Crippen LogP contribution is -2.04. The van der Waals surface area contributed by atoms with Crippen LogP contribution in [0.3, 0.4) is 0 Å². The maximum Gasteiger partial charge on any atom is 0.186 e. The predicted octanol–water partition coefficient (Wildman–Crippen LogP) is 0.450. The number of hydrogen-bond donors (Lipinski definition) is 3. The van der Waals surface area contributed by atoms with Crippen molar-refractivity contribution < 1.29 is 9.47 Å². The molecule has 0 unspecified atom stereocenters. The lowest BCUT2D eigenvalue weighted by Gasteiger charge is -2.13. The molecule has 0 bridgehead atoms. The lowest BCUT2D eigenvalue weighted by atomic mass is 10.2. The van der Waals surface area contributed by atoms with Crippen LogP contribution >= 0.6 is 0 Å². The third kappa shape index (κ3) is 1.40. The first-order valence-corrected chi connectivity index (χ1v) is 3.67. The largest absolute Gasteiger partial charge is 0.493 e. The summed E-state index contributed by atoms with van der Waals surface area (Å²) in [6.07, 6.45) is 0. The second kappa shape index (κ2) is 3.30. The molecule has 0 fully saturated rings. The third-order valence-electron chi connectivity index (χ3n) is 1.78. The van der Waals surface area contributed by atoms with Gasteiger partial charge in [0, 0.05) is 6.07 Å². The van der Waals surface area contributed by atoms with Gasteiger partial charge < -0.3 is 26.7 Å². The lowest BCUT2D eigenvalue weighted by molar-refractivity contribution is 0.357. The summed E-state index contributed by atoms with van der Waals surface area (Å²) in [5.41, 5.74) is 17.8. The van der Waals surface area contributed by atoms with Gasteiger partial charge in [-0.1, -0.05) is 0 Å². The number of nitrogen functional groups attached to an aromatic ring is 3. The summed E-state index contributed by atoms with van der Waals surface area (Å²) in [7, 11) is 3.00. The van der Waals surface area contributed by atoms with Gasteiger partial charge in [0.25, 0.3) is 0 Å². The molecule has 0 saturated heterocycles. The fraction of sp³-hybridized carbons (Fsp3) is 0.250. The van der Waals surface area contributed by atoms with Crippen LogP contribution in [0, 0.1) is 0 Å². The molecule has 1 aromatic carbocycles. The van der Waals surface area contributed by atoms with E-state index >= 15 is 0 Å². The van der Waals surface area contributed by atoms with E-state index in [2.05, 4.69) is 0 Å². The molecule has 0 aliphatic carbocycles. The van der Waals surface area contributed by atoms with E-state index in [0.717, 1.165) is 0 Å². The molecule has 5 nitrogen and oxygen atoms in total. The van der Waals surface area contributed by atoms with Crippen molar-refractivity contribution >= 4 is 17.1 Å². The second-order valence-electron chi connectivity index (χ2n) is 2.53. The SMILES string of the molecule is COc1cc(N)c(N)c(N)c1OC. The minimum atomic E-state index is 0.305. The molecule has 0 atom stereocenters. The average Bonchev–Trinajstić information content (AvgIpc) is 2.13. The van der Waals surface area contributed by atoms with Crippen LogP contribution in [0.25, 0.3) is 0 Å². The van der Waals surface area contributed by atoms with Gasteiger partial charge in [0.15, 0.2) is 11.5 Å². The first-order chi connectivity index (χ1) is 6.11. The van der Waals surface area contributed by atoms with E-state index in [4.69, 9.17) is 26.7 Å². The highest BCUT2D eigenvalue weighted by molar-refractivity contribution is 5.85. The first-order valence-electron chi connectivity index (χ1n) is 3.67. The van der Waals surface area contributed by atoms with Crippen LogP contribution in [-0.4, -0.2) is 14.2 Å². The van der Waals surface area contributed by atoms with Crippen molar-refractivity contribution in [1.29, 1.82) is 0 Å². The van der Waals surface area contributed by atoms with E-state index < -0.39 is 0 Å². The number of nitrogens with two attached hydrogens (primary N) is 3. The number of rotatable bonds is 2. The van der Waals surface area contributed by atoms with E-state index in [1.165, 1.54) is 14.2 Å². The van der Waals surface area contributed by atoms with Gasteiger partial charge in [-0.25, -0.2) is 0 Å². The first kappa shape index (κ1) is 9.31. The Balaban J connectivity index is 3.39. The Labute approximate surface area is 76.4 Å². The Morgan fingerprint density at radius 3 is 2.08 bits per heavy atom. The molecule has 5 heteroatoms. The van der Waals surface area contributed by atoms with Crippen LogP contribution in [0.2, 0.25) is 0 Å². The normalized spacial score (nSPS) is 9.69. The Morgan fingerprint density at radius 1 is 1.00 bits per heavy atom. The molecule has 1 aromatic rings. The predicted molar refractivity (Wildman–Crippen MR) is 52.8 cm³/mol. The summed E-state index contributed by atoms with van der Waals surface area (Å²) in [4.78, 5) is 0. The fourth-order valence-corrected chi connectivity index (χ4v) is 1.06. The van der Waals surface area contributed by atoms with Gasteiger partial charge in [0.05, 0.1) is 25.6 Å². The summed E-state index contributed by atoms with van der Waals surface area (Å²) < 4.78 is 10.0. The summed E-state index contributed by atoms with van der Waals surface area (Å²) in [6.45, 7) is 0. The quantitative estimate of drug-likeness (QED) is 0.578. The molecule has 0 saturated carbocycles. The van der Waals surface area contributed by atoms with Crippen LogP contribution in [0.4, 0.5) is 17.1 Å². The zero-order valence-electron chi connectivity index (χ0n) is 7.63. The molecule has 13 heavy (non-hydrogen) atoms. The third-order valence-corrected chi connectivity index (χ3v) is 1.78. The summed E-state index contributed by atoms with van der Waals surface area (Å²) in [5.74, 6) is 0.890. The molecular formula is C8H13N3O2. The fourth-order valence-electron chi connectivity index (χ4n) is 1.06. The van der Waals surface area contributed by atoms with Crippen molar-refractivity contribution in [2.24, 2.45) is 0 Å². The Morgan fingerprint density at radius 2 is 1.62 bits per heavy atom. The standard InChI is InChI=1S/C8H13N3O2/c1-12-5-3-4(9)6(10)7(11)8(5)13-2/h3H,9-11H2,1-2H3. The van der Waals surface area contributed by atoms with Crippen molar-refractivity contribution in [2.75, 3.05) is 31.4 Å². The number of anilines is 3. The number of ether oxygens (including phenoxy) is 2. The van der Waals surface area contributed by atoms with E-state index in [1.807, 2.05) is 0 Å². The topological polar surface area (TPSA) is 96.5 Å². The molecule has 0 amide bonds. The Hall–Kier alpha value is -1.78. The van der Waals surface area contributed by atoms with Gasteiger partial charge in [0.2, 0.25) is 0 Å². The van der Waals surface area contributed by atoms with Gasteiger partial charge in [0.1, 0.15) is 5.69 Å². The van der Waals surface area contributed by atoms with Crippen LogP contribution in [0.15, 0.2) is 6.07 Å². The van der Waals surface area contributed by atoms with Gasteiger partial charge in [-0.05, 0) is 0 Å². The monoisotopic (exact) mass is 183 g/mol. The highest BCUT2D eigenvalue weighted by Gasteiger charge is 2.13. The highest BCUT2D eigenvalue weighted by atomic mass is 16.5. The maximum atomic E-state index is 5.66. The molecule has 72 valence electrons. The zero-order valence-corrected chi connectivity index (χ0v) is 7.63. The van der Waals surface area contributed by atoms with Crippen LogP contribution in [0.1, 0.15) is 0 Å². The van der Waals surface area contributed by atoms with Crippen LogP contribution in [0.5, 0.6) is 11.5 Å². The molecule has 0 aliphatic rings. The van der Waals surface area contributed by atoms with Crippen LogP contribution < -0.4 is 26.7 Å². The Kier molecular flexibility index (Phi) is 2.36. The van der Waals surface area contributed by atoms with Gasteiger partial charge in [-0.15, -0.1) is 0 Å². The Bertz CT molecular complexity index is 326. The second-order valence-corrected chi connectivity index (χ2v) is 2.53. The summed E-state index contributed by atoms with van der Waals surface area (Å²) in [5, 5.41) is 0. The molecule has 0 aromatic heterocycles. The van der Waals surface area contributed by atoms with Crippen molar-refractivity contribution in [3.05, 3.63) is 6.07 Å². The summed E-state index contributed by atoms with van der Waals surface area (Å²) in [6, 6.07) is 1.57. The van der Waals surface area contributed by atoms with Crippen LogP contribution in [-0.2, 0) is 0 Å². The minimum Gasteiger partial charge on any atom is -0.493 e.